The molecule has 0 aromatic rings. The fourth-order valence-corrected chi connectivity index (χ4v) is 1.81. The normalized spacial score (nSPS) is 20.4. The summed E-state index contributed by atoms with van der Waals surface area (Å²) in [7, 11) is 0. The second-order valence-corrected chi connectivity index (χ2v) is 3.19. The van der Waals surface area contributed by atoms with E-state index in [1.54, 1.807) is 5.57 Å². The Morgan fingerprint density at radius 2 is 2.62 bits per heavy atom. The molecule has 0 saturated heterocycles. The fourth-order valence-electron chi connectivity index (χ4n) is 0.887. The van der Waals surface area contributed by atoms with Crippen LogP contribution in [0.25, 0.3) is 0 Å². The first kappa shape index (κ1) is 6.21. The Morgan fingerprint density at radius 1 is 1.75 bits per heavy atom. The molecule has 0 bridgehead atoms. The summed E-state index contributed by atoms with van der Waals surface area (Å²) in [5.41, 5.74) is 1.66. The molecule has 1 heterocycles. The van der Waals surface area contributed by atoms with Gasteiger partial charge in [-0.15, -0.1) is 0 Å². The van der Waals surface area contributed by atoms with Crippen LogP contribution < -0.4 is 0 Å². The zero-order valence-corrected chi connectivity index (χ0v) is 6.13. The molecular weight excluding hydrogens is 116 g/mol. The third kappa shape index (κ3) is 1.55. The summed E-state index contributed by atoms with van der Waals surface area (Å²) >= 11 is 2.04. The quantitative estimate of drug-likeness (QED) is 0.489. The van der Waals surface area contributed by atoms with Crippen LogP contribution >= 0.6 is 11.8 Å². The van der Waals surface area contributed by atoms with Gasteiger partial charge in [0.1, 0.15) is 0 Å². The van der Waals surface area contributed by atoms with Crippen LogP contribution in [0.5, 0.6) is 0 Å². The lowest BCUT2D eigenvalue weighted by molar-refractivity contribution is 0.972. The van der Waals surface area contributed by atoms with Crippen molar-refractivity contribution in [2.75, 3.05) is 11.5 Å². The van der Waals surface area contributed by atoms with Crippen molar-refractivity contribution >= 4 is 11.8 Å². The zero-order chi connectivity index (χ0) is 5.82. The molecule has 0 aromatic heterocycles. The van der Waals surface area contributed by atoms with E-state index in [1.807, 2.05) is 11.8 Å². The average molecular weight is 128 g/mol. The number of allylic oxidation sites excluding steroid dienone is 1. The molecule has 0 radical (unpaired) electrons. The molecule has 0 amide bonds. The van der Waals surface area contributed by atoms with E-state index >= 15 is 0 Å². The lowest BCUT2D eigenvalue weighted by Crippen LogP contribution is -1.93. The van der Waals surface area contributed by atoms with Gasteiger partial charge >= 0.3 is 0 Å². The van der Waals surface area contributed by atoms with Gasteiger partial charge < -0.3 is 0 Å². The van der Waals surface area contributed by atoms with E-state index in [-0.39, 0.29) is 0 Å². The molecule has 0 saturated carbocycles. The number of thioether (sulfide) groups is 1. The van der Waals surface area contributed by atoms with Gasteiger partial charge in [0.05, 0.1) is 0 Å². The highest BCUT2D eigenvalue weighted by molar-refractivity contribution is 7.99. The molecule has 0 fully saturated rings. The molecular formula is C7H12S. The van der Waals surface area contributed by atoms with Crippen molar-refractivity contribution in [2.24, 2.45) is 0 Å². The minimum Gasteiger partial charge on any atom is -0.158 e. The summed E-state index contributed by atoms with van der Waals surface area (Å²) in [6.45, 7) is 2.24. The summed E-state index contributed by atoms with van der Waals surface area (Å²) in [5, 5.41) is 0. The summed E-state index contributed by atoms with van der Waals surface area (Å²) < 4.78 is 0. The van der Waals surface area contributed by atoms with Crippen molar-refractivity contribution in [1.29, 1.82) is 0 Å². The summed E-state index contributed by atoms with van der Waals surface area (Å²) in [6.07, 6.45) is 4.97. The standard InChI is InChI=1S/C7H12S/c1-2-7-3-5-8-6-4-7/h3H,2,4-6H2,1H3. The molecule has 1 heteroatoms. The van der Waals surface area contributed by atoms with E-state index in [9.17, 15) is 0 Å². The zero-order valence-electron chi connectivity index (χ0n) is 5.31. The van der Waals surface area contributed by atoms with Gasteiger partial charge in [-0.25, -0.2) is 0 Å². The number of rotatable bonds is 1. The van der Waals surface area contributed by atoms with Gasteiger partial charge in [0.2, 0.25) is 0 Å². The maximum Gasteiger partial charge on any atom is 0.0116 e. The third-order valence-electron chi connectivity index (χ3n) is 1.51. The van der Waals surface area contributed by atoms with Crippen LogP contribution in [0.1, 0.15) is 19.8 Å². The molecule has 0 nitrogen and oxygen atoms in total. The molecule has 0 spiro atoms. The molecule has 0 N–H and O–H groups in total. The lowest BCUT2D eigenvalue weighted by atomic mass is 10.1. The van der Waals surface area contributed by atoms with Crippen LogP contribution in [0.15, 0.2) is 11.6 Å². The Hall–Kier alpha value is 0.0900. The molecule has 1 aliphatic heterocycles. The van der Waals surface area contributed by atoms with Crippen molar-refractivity contribution in [3.05, 3.63) is 11.6 Å². The van der Waals surface area contributed by atoms with Crippen molar-refractivity contribution in [1.82, 2.24) is 0 Å². The molecule has 0 aliphatic carbocycles. The van der Waals surface area contributed by atoms with Gasteiger partial charge in [0.25, 0.3) is 0 Å². The van der Waals surface area contributed by atoms with Crippen LogP contribution in [0.3, 0.4) is 0 Å². The van der Waals surface area contributed by atoms with E-state index < -0.39 is 0 Å². The average Bonchev–Trinajstić information content (AvgIpc) is 1.90. The van der Waals surface area contributed by atoms with E-state index in [0.29, 0.717) is 0 Å². The smallest absolute Gasteiger partial charge is 0.0116 e. The highest BCUT2D eigenvalue weighted by atomic mass is 32.2. The summed E-state index contributed by atoms with van der Waals surface area (Å²) in [6, 6.07) is 0. The van der Waals surface area contributed by atoms with Crippen molar-refractivity contribution < 1.29 is 0 Å². The fraction of sp³-hybridized carbons (Fsp3) is 0.714. The van der Waals surface area contributed by atoms with Crippen LogP contribution in [0.4, 0.5) is 0 Å². The van der Waals surface area contributed by atoms with Crippen LogP contribution in [-0.4, -0.2) is 11.5 Å². The number of hydrogen-bond donors (Lipinski definition) is 0. The van der Waals surface area contributed by atoms with Crippen molar-refractivity contribution in [3.8, 4) is 0 Å². The molecule has 0 atom stereocenters. The lowest BCUT2D eigenvalue weighted by Gasteiger charge is -2.08. The first-order chi connectivity index (χ1) is 3.93. The van der Waals surface area contributed by atoms with Gasteiger partial charge in [0.15, 0.2) is 0 Å². The SMILES string of the molecule is CCC1=CCSCC1. The number of hydrogen-bond acceptors (Lipinski definition) is 1. The first-order valence-electron chi connectivity index (χ1n) is 3.19. The highest BCUT2D eigenvalue weighted by Crippen LogP contribution is 2.18. The van der Waals surface area contributed by atoms with Crippen LogP contribution in [0.2, 0.25) is 0 Å². The Balaban J connectivity index is 2.37. The van der Waals surface area contributed by atoms with Crippen molar-refractivity contribution in [3.63, 3.8) is 0 Å². The third-order valence-corrected chi connectivity index (χ3v) is 2.41. The van der Waals surface area contributed by atoms with Gasteiger partial charge in [-0.3, -0.25) is 0 Å². The molecule has 8 heavy (non-hydrogen) atoms. The van der Waals surface area contributed by atoms with Crippen molar-refractivity contribution in [2.45, 2.75) is 19.8 Å². The van der Waals surface area contributed by atoms with E-state index in [0.717, 1.165) is 0 Å². The van der Waals surface area contributed by atoms with Gasteiger partial charge in [-0.05, 0) is 18.6 Å². The Kier molecular flexibility index (Phi) is 2.47. The summed E-state index contributed by atoms with van der Waals surface area (Å²) in [4.78, 5) is 0. The monoisotopic (exact) mass is 128 g/mol. The molecule has 0 unspecified atom stereocenters. The first-order valence-corrected chi connectivity index (χ1v) is 4.34. The van der Waals surface area contributed by atoms with Gasteiger partial charge in [-0.1, -0.05) is 18.6 Å². The summed E-state index contributed by atoms with van der Waals surface area (Å²) in [5.74, 6) is 2.60. The van der Waals surface area contributed by atoms with Crippen LogP contribution in [-0.2, 0) is 0 Å². The van der Waals surface area contributed by atoms with Gasteiger partial charge in [-0.2, -0.15) is 11.8 Å². The largest absolute Gasteiger partial charge is 0.158 e. The molecule has 1 aliphatic rings. The van der Waals surface area contributed by atoms with E-state index in [4.69, 9.17) is 0 Å². The maximum absolute atomic E-state index is 2.37. The second-order valence-electron chi connectivity index (χ2n) is 2.04. The Labute approximate surface area is 55.4 Å². The molecule has 46 valence electrons. The maximum atomic E-state index is 2.37. The minimum atomic E-state index is 1.25. The topological polar surface area (TPSA) is 0 Å². The van der Waals surface area contributed by atoms with E-state index in [1.165, 1.54) is 24.3 Å². The van der Waals surface area contributed by atoms with E-state index in [2.05, 4.69) is 13.0 Å². The predicted molar refractivity (Wildman–Crippen MR) is 40.3 cm³/mol. The van der Waals surface area contributed by atoms with Gasteiger partial charge in [0, 0.05) is 5.75 Å². The minimum absolute atomic E-state index is 1.25. The highest BCUT2D eigenvalue weighted by Gasteiger charge is 1.99. The van der Waals surface area contributed by atoms with Crippen LogP contribution in [0, 0.1) is 0 Å². The molecule has 0 aromatic carbocycles. The Bertz CT molecular complexity index is 94.6. The predicted octanol–water partition coefficient (Wildman–Crippen LogP) is 2.46. The Morgan fingerprint density at radius 3 is 3.00 bits per heavy atom. The second kappa shape index (κ2) is 3.18. The molecule has 1 rings (SSSR count).